The molecule has 5 rings (SSSR count). The zero-order valence-electron chi connectivity index (χ0n) is 13.3. The third kappa shape index (κ3) is 2.06. The monoisotopic (exact) mass is 316 g/mol. The number of rotatable bonds is 3. The fraction of sp³-hybridized carbons (Fsp3) is 0.273. The summed E-state index contributed by atoms with van der Waals surface area (Å²) in [5, 5.41) is 0. The zero-order chi connectivity index (χ0) is 15.4. The summed E-state index contributed by atoms with van der Waals surface area (Å²) >= 11 is 2.00. The van der Waals surface area contributed by atoms with Crippen molar-refractivity contribution in [3.8, 4) is 0 Å². The van der Waals surface area contributed by atoms with Crippen molar-refractivity contribution < 1.29 is 0 Å². The van der Waals surface area contributed by atoms with Gasteiger partial charge in [0.25, 0.3) is 0 Å². The van der Waals surface area contributed by atoms with Gasteiger partial charge < -0.3 is 0 Å². The Labute approximate surface area is 142 Å². The van der Waals surface area contributed by atoms with Gasteiger partial charge in [0, 0.05) is 10.8 Å². The predicted molar refractivity (Wildman–Crippen MR) is 98.1 cm³/mol. The number of aryl methyl sites for hydroxylation is 1. The van der Waals surface area contributed by atoms with Gasteiger partial charge in [0.1, 0.15) is 0 Å². The normalized spacial score (nSPS) is 30.5. The largest absolute Gasteiger partial charge is 0.0939 e. The average Bonchev–Trinajstić information content (AvgIpc) is 3.13. The third-order valence-corrected chi connectivity index (χ3v) is 6.91. The summed E-state index contributed by atoms with van der Waals surface area (Å²) in [7, 11) is 0. The lowest BCUT2D eigenvalue weighted by atomic mass is 9.66. The molecule has 0 aromatic heterocycles. The van der Waals surface area contributed by atoms with E-state index in [1.54, 1.807) is 10.5 Å². The molecule has 0 radical (unpaired) electrons. The Bertz CT molecular complexity index is 798. The van der Waals surface area contributed by atoms with Crippen molar-refractivity contribution in [2.45, 2.75) is 18.2 Å². The van der Waals surface area contributed by atoms with Crippen molar-refractivity contribution in [1.29, 1.82) is 0 Å². The van der Waals surface area contributed by atoms with Crippen molar-refractivity contribution >= 4 is 17.3 Å². The van der Waals surface area contributed by atoms with Crippen LogP contribution in [0.4, 0.5) is 0 Å². The SMILES string of the molecule is Cc1ccc(SC2=C(c3ccccc3)C3C4C=CC(C4)C23)cc1. The lowest BCUT2D eigenvalue weighted by Gasteiger charge is -2.43. The Balaban J connectivity index is 1.56. The van der Waals surface area contributed by atoms with Crippen LogP contribution >= 0.6 is 11.8 Å². The molecule has 1 fully saturated rings. The molecule has 114 valence electrons. The number of benzene rings is 2. The first-order chi connectivity index (χ1) is 11.3. The van der Waals surface area contributed by atoms with Gasteiger partial charge in [-0.1, -0.05) is 71.9 Å². The van der Waals surface area contributed by atoms with Crippen LogP contribution in [0.15, 0.2) is 76.5 Å². The highest BCUT2D eigenvalue weighted by atomic mass is 32.2. The number of hydrogen-bond donors (Lipinski definition) is 0. The second kappa shape index (κ2) is 5.14. The number of thioether (sulfide) groups is 1. The molecule has 0 N–H and O–H groups in total. The molecule has 2 bridgehead atoms. The molecule has 23 heavy (non-hydrogen) atoms. The molecule has 3 aliphatic rings. The van der Waals surface area contributed by atoms with Gasteiger partial charge in [-0.05, 0) is 59.3 Å². The van der Waals surface area contributed by atoms with Crippen molar-refractivity contribution in [3.63, 3.8) is 0 Å². The summed E-state index contributed by atoms with van der Waals surface area (Å²) in [5.41, 5.74) is 4.39. The Kier molecular flexibility index (Phi) is 3.06. The van der Waals surface area contributed by atoms with Gasteiger partial charge in [-0.2, -0.15) is 0 Å². The highest BCUT2D eigenvalue weighted by molar-refractivity contribution is 8.03. The maximum absolute atomic E-state index is 2.48. The Hall–Kier alpha value is -1.73. The molecule has 2 aromatic carbocycles. The standard InChI is InChI=1S/C22H20S/c1-14-7-11-18(12-8-14)23-22-20(15-5-3-2-4-6-15)19-16-9-10-17(13-16)21(19)22/h2-12,16-17,19,21H,13H2,1H3. The summed E-state index contributed by atoms with van der Waals surface area (Å²) in [6.45, 7) is 2.16. The van der Waals surface area contributed by atoms with Crippen LogP contribution in [0.2, 0.25) is 0 Å². The lowest BCUT2D eigenvalue weighted by molar-refractivity contribution is 0.411. The molecule has 0 heterocycles. The molecular weight excluding hydrogens is 296 g/mol. The van der Waals surface area contributed by atoms with E-state index in [1.165, 1.54) is 22.4 Å². The van der Waals surface area contributed by atoms with E-state index >= 15 is 0 Å². The van der Waals surface area contributed by atoms with Crippen LogP contribution in [0.25, 0.3) is 5.57 Å². The predicted octanol–water partition coefficient (Wildman–Crippen LogP) is 5.95. The first-order valence-electron chi connectivity index (χ1n) is 8.53. The Morgan fingerprint density at radius 3 is 2.26 bits per heavy atom. The maximum Gasteiger partial charge on any atom is 0.0119 e. The molecule has 0 nitrogen and oxygen atoms in total. The summed E-state index contributed by atoms with van der Waals surface area (Å²) in [4.78, 5) is 3.01. The number of allylic oxidation sites excluding steroid dienone is 4. The molecule has 0 saturated heterocycles. The zero-order valence-corrected chi connectivity index (χ0v) is 14.1. The molecule has 0 amide bonds. The number of hydrogen-bond acceptors (Lipinski definition) is 1. The average molecular weight is 316 g/mol. The van der Waals surface area contributed by atoms with Gasteiger partial charge >= 0.3 is 0 Å². The second-order valence-electron chi connectivity index (χ2n) is 7.06. The van der Waals surface area contributed by atoms with Crippen LogP contribution in [0.5, 0.6) is 0 Å². The fourth-order valence-electron chi connectivity index (χ4n) is 4.63. The van der Waals surface area contributed by atoms with Gasteiger partial charge in [0.15, 0.2) is 0 Å². The Morgan fingerprint density at radius 2 is 1.52 bits per heavy atom. The van der Waals surface area contributed by atoms with Crippen LogP contribution in [-0.4, -0.2) is 0 Å². The molecule has 0 aliphatic heterocycles. The van der Waals surface area contributed by atoms with Crippen LogP contribution in [0.1, 0.15) is 17.5 Å². The van der Waals surface area contributed by atoms with Crippen LogP contribution in [0, 0.1) is 30.6 Å². The van der Waals surface area contributed by atoms with Gasteiger partial charge in [0.2, 0.25) is 0 Å². The van der Waals surface area contributed by atoms with Gasteiger partial charge in [0.05, 0.1) is 0 Å². The molecule has 1 heteroatoms. The summed E-state index contributed by atoms with van der Waals surface area (Å²) in [6.07, 6.45) is 6.31. The molecule has 4 unspecified atom stereocenters. The fourth-order valence-corrected chi connectivity index (χ4v) is 5.98. The lowest BCUT2D eigenvalue weighted by Crippen LogP contribution is -2.32. The van der Waals surface area contributed by atoms with E-state index in [1.807, 2.05) is 11.8 Å². The quantitative estimate of drug-likeness (QED) is 0.630. The third-order valence-electron chi connectivity index (χ3n) is 5.69. The van der Waals surface area contributed by atoms with E-state index in [0.717, 1.165) is 23.7 Å². The summed E-state index contributed by atoms with van der Waals surface area (Å²) < 4.78 is 0. The van der Waals surface area contributed by atoms with E-state index in [4.69, 9.17) is 0 Å². The smallest absolute Gasteiger partial charge is 0.0119 e. The van der Waals surface area contributed by atoms with Crippen molar-refractivity contribution in [2.75, 3.05) is 0 Å². The minimum Gasteiger partial charge on any atom is -0.0939 e. The summed E-state index contributed by atoms with van der Waals surface area (Å²) in [6, 6.07) is 20.0. The molecule has 4 atom stereocenters. The second-order valence-corrected chi connectivity index (χ2v) is 8.17. The van der Waals surface area contributed by atoms with Gasteiger partial charge in [-0.25, -0.2) is 0 Å². The van der Waals surface area contributed by atoms with E-state index in [0.29, 0.717) is 0 Å². The van der Waals surface area contributed by atoms with Gasteiger partial charge in [-0.3, -0.25) is 0 Å². The molecule has 0 spiro atoms. The molecule has 2 aromatic rings. The van der Waals surface area contributed by atoms with E-state index in [9.17, 15) is 0 Å². The molecule has 1 saturated carbocycles. The highest BCUT2D eigenvalue weighted by Gasteiger charge is 2.55. The van der Waals surface area contributed by atoms with Crippen molar-refractivity contribution in [3.05, 3.63) is 82.8 Å². The molecular formula is C22H20S. The topological polar surface area (TPSA) is 0 Å². The van der Waals surface area contributed by atoms with E-state index < -0.39 is 0 Å². The summed E-state index contributed by atoms with van der Waals surface area (Å²) in [5.74, 6) is 3.10. The highest BCUT2D eigenvalue weighted by Crippen LogP contribution is 2.66. The minimum absolute atomic E-state index is 0.764. The van der Waals surface area contributed by atoms with Crippen molar-refractivity contribution in [2.24, 2.45) is 23.7 Å². The molecule has 3 aliphatic carbocycles. The first kappa shape index (κ1) is 13.7. The van der Waals surface area contributed by atoms with E-state index in [2.05, 4.69) is 73.7 Å². The maximum atomic E-state index is 2.48. The van der Waals surface area contributed by atoms with Crippen LogP contribution in [0.3, 0.4) is 0 Å². The minimum atomic E-state index is 0.764. The Morgan fingerprint density at radius 1 is 0.826 bits per heavy atom. The van der Waals surface area contributed by atoms with Crippen LogP contribution in [-0.2, 0) is 0 Å². The number of fused-ring (bicyclic) bond motifs is 5. The first-order valence-corrected chi connectivity index (χ1v) is 9.35. The van der Waals surface area contributed by atoms with E-state index in [-0.39, 0.29) is 0 Å². The van der Waals surface area contributed by atoms with Gasteiger partial charge in [-0.15, -0.1) is 0 Å². The van der Waals surface area contributed by atoms with Crippen LogP contribution < -0.4 is 0 Å². The van der Waals surface area contributed by atoms with Crippen molar-refractivity contribution in [1.82, 2.24) is 0 Å².